The van der Waals surface area contributed by atoms with Crippen LogP contribution in [0.15, 0.2) is 30.3 Å². The molecule has 1 aromatic carbocycles. The Kier molecular flexibility index (Phi) is 5.31. The van der Waals surface area contributed by atoms with Gasteiger partial charge in [0.25, 0.3) is 0 Å². The fourth-order valence-corrected chi connectivity index (χ4v) is 1.26. The quantitative estimate of drug-likeness (QED) is 0.645. The molecule has 1 N–H and O–H groups in total. The van der Waals surface area contributed by atoms with E-state index in [4.69, 9.17) is 9.57 Å². The maximum Gasteiger partial charge on any atom is 0.325 e. The molecule has 0 fully saturated rings. The molecule has 0 heterocycles. The maximum absolute atomic E-state index is 11.6. The van der Waals surface area contributed by atoms with E-state index in [9.17, 15) is 4.79 Å². The van der Waals surface area contributed by atoms with Crippen LogP contribution < -0.4 is 5.48 Å². The van der Waals surface area contributed by atoms with Crippen molar-refractivity contribution in [3.05, 3.63) is 35.9 Å². The summed E-state index contributed by atoms with van der Waals surface area (Å²) in [5, 5.41) is 0. The number of hydroxylamine groups is 1. The molecule has 4 nitrogen and oxygen atoms in total. The first kappa shape index (κ1) is 14.7. The summed E-state index contributed by atoms with van der Waals surface area (Å²) >= 11 is 0. The smallest absolute Gasteiger partial charge is 0.325 e. The topological polar surface area (TPSA) is 47.6 Å². The average Bonchev–Trinajstić information content (AvgIpc) is 2.28. The van der Waals surface area contributed by atoms with Gasteiger partial charge < -0.3 is 4.74 Å². The first-order chi connectivity index (χ1) is 8.38. The molecular formula is C14H21NO3. The predicted octanol–water partition coefficient (Wildman–Crippen LogP) is 2.44. The molecule has 0 spiro atoms. The van der Waals surface area contributed by atoms with E-state index in [1.807, 2.05) is 51.1 Å². The van der Waals surface area contributed by atoms with Gasteiger partial charge in [-0.05, 0) is 33.3 Å². The average molecular weight is 251 g/mol. The van der Waals surface area contributed by atoms with Gasteiger partial charge in [0, 0.05) is 0 Å². The highest BCUT2D eigenvalue weighted by molar-refractivity contribution is 5.75. The van der Waals surface area contributed by atoms with Crippen LogP contribution in [0.5, 0.6) is 0 Å². The van der Waals surface area contributed by atoms with E-state index in [0.717, 1.165) is 5.56 Å². The van der Waals surface area contributed by atoms with Crippen LogP contribution in [-0.4, -0.2) is 17.6 Å². The van der Waals surface area contributed by atoms with Gasteiger partial charge in [-0.3, -0.25) is 9.63 Å². The van der Waals surface area contributed by atoms with E-state index in [0.29, 0.717) is 6.61 Å². The molecule has 1 unspecified atom stereocenters. The molecule has 18 heavy (non-hydrogen) atoms. The van der Waals surface area contributed by atoms with Gasteiger partial charge in [-0.15, -0.1) is 0 Å². The van der Waals surface area contributed by atoms with Gasteiger partial charge in [-0.25, -0.2) is 0 Å². The summed E-state index contributed by atoms with van der Waals surface area (Å²) < 4.78 is 5.22. The predicted molar refractivity (Wildman–Crippen MR) is 69.7 cm³/mol. The monoisotopic (exact) mass is 251 g/mol. The van der Waals surface area contributed by atoms with Gasteiger partial charge in [0.2, 0.25) is 0 Å². The lowest BCUT2D eigenvalue weighted by molar-refractivity contribution is -0.161. The third-order valence-electron chi connectivity index (χ3n) is 2.10. The Labute approximate surface area is 108 Å². The lowest BCUT2D eigenvalue weighted by Crippen LogP contribution is -2.39. The van der Waals surface area contributed by atoms with Crippen molar-refractivity contribution in [3.8, 4) is 0 Å². The minimum Gasteiger partial charge on any atom is -0.459 e. The molecule has 0 saturated heterocycles. The van der Waals surface area contributed by atoms with E-state index < -0.39 is 11.6 Å². The molecular weight excluding hydrogens is 230 g/mol. The minimum absolute atomic E-state index is 0.324. The van der Waals surface area contributed by atoms with Crippen molar-refractivity contribution in [2.24, 2.45) is 0 Å². The first-order valence-corrected chi connectivity index (χ1v) is 6.02. The second-order valence-corrected chi connectivity index (χ2v) is 5.15. The Bertz CT molecular complexity index is 370. The van der Waals surface area contributed by atoms with Crippen LogP contribution >= 0.6 is 0 Å². The fourth-order valence-electron chi connectivity index (χ4n) is 1.26. The molecule has 100 valence electrons. The number of hydrogen-bond acceptors (Lipinski definition) is 4. The lowest BCUT2D eigenvalue weighted by atomic mass is 10.2. The number of carbonyl (C=O) groups excluding carboxylic acids is 1. The Hall–Kier alpha value is -1.39. The summed E-state index contributed by atoms with van der Waals surface area (Å²) in [4.78, 5) is 16.9. The van der Waals surface area contributed by atoms with E-state index in [-0.39, 0.29) is 5.97 Å². The summed E-state index contributed by atoms with van der Waals surface area (Å²) in [5.41, 5.74) is 3.24. The number of ether oxygens (including phenoxy) is 1. The van der Waals surface area contributed by atoms with Crippen LogP contribution in [0.25, 0.3) is 0 Å². The Morgan fingerprint density at radius 1 is 1.28 bits per heavy atom. The summed E-state index contributed by atoms with van der Waals surface area (Å²) in [6.45, 7) is 7.63. The van der Waals surface area contributed by atoms with Crippen LogP contribution in [0, 0.1) is 0 Å². The summed E-state index contributed by atoms with van der Waals surface area (Å²) in [6.07, 6.45) is 0. The van der Waals surface area contributed by atoms with Crippen molar-refractivity contribution < 1.29 is 14.4 Å². The van der Waals surface area contributed by atoms with Crippen molar-refractivity contribution in [1.29, 1.82) is 0 Å². The van der Waals surface area contributed by atoms with E-state index in [1.54, 1.807) is 6.92 Å². The first-order valence-electron chi connectivity index (χ1n) is 6.02. The van der Waals surface area contributed by atoms with E-state index >= 15 is 0 Å². The van der Waals surface area contributed by atoms with Crippen LogP contribution in [0.4, 0.5) is 0 Å². The van der Waals surface area contributed by atoms with Crippen LogP contribution in [0.2, 0.25) is 0 Å². The van der Waals surface area contributed by atoms with Crippen molar-refractivity contribution in [2.75, 3.05) is 0 Å². The molecule has 0 saturated carbocycles. The number of rotatable bonds is 5. The summed E-state index contributed by atoms with van der Waals surface area (Å²) in [6, 6.07) is 9.25. The zero-order valence-corrected chi connectivity index (χ0v) is 11.4. The van der Waals surface area contributed by atoms with E-state index in [1.165, 1.54) is 0 Å². The molecule has 0 bridgehead atoms. The van der Waals surface area contributed by atoms with Crippen molar-refractivity contribution >= 4 is 5.97 Å². The maximum atomic E-state index is 11.6. The van der Waals surface area contributed by atoms with Crippen LogP contribution in [-0.2, 0) is 21.0 Å². The third-order valence-corrected chi connectivity index (χ3v) is 2.10. The molecule has 0 aliphatic carbocycles. The molecule has 0 aliphatic heterocycles. The molecule has 1 rings (SSSR count). The number of hydrogen-bond donors (Lipinski definition) is 1. The zero-order chi connectivity index (χ0) is 13.6. The number of benzene rings is 1. The second kappa shape index (κ2) is 6.52. The highest BCUT2D eigenvalue weighted by Gasteiger charge is 2.21. The lowest BCUT2D eigenvalue weighted by Gasteiger charge is -2.22. The molecule has 0 aliphatic rings. The second-order valence-electron chi connectivity index (χ2n) is 5.15. The molecule has 1 atom stereocenters. The zero-order valence-electron chi connectivity index (χ0n) is 11.4. The highest BCUT2D eigenvalue weighted by atomic mass is 16.7. The van der Waals surface area contributed by atoms with Gasteiger partial charge in [0.05, 0.1) is 6.61 Å². The SMILES string of the molecule is CC(NOCc1ccccc1)C(=O)OC(C)(C)C. The molecule has 0 amide bonds. The number of nitrogens with one attached hydrogen (secondary N) is 1. The van der Waals surface area contributed by atoms with Crippen LogP contribution in [0.1, 0.15) is 33.3 Å². The van der Waals surface area contributed by atoms with Gasteiger partial charge in [-0.1, -0.05) is 30.3 Å². The summed E-state index contributed by atoms with van der Waals surface area (Å²) in [7, 11) is 0. The van der Waals surface area contributed by atoms with Gasteiger partial charge in [-0.2, -0.15) is 5.48 Å². The Morgan fingerprint density at radius 3 is 2.44 bits per heavy atom. The van der Waals surface area contributed by atoms with Crippen molar-refractivity contribution in [2.45, 2.75) is 45.9 Å². The van der Waals surface area contributed by atoms with Gasteiger partial charge in [0.15, 0.2) is 0 Å². The van der Waals surface area contributed by atoms with Crippen molar-refractivity contribution in [1.82, 2.24) is 5.48 Å². The van der Waals surface area contributed by atoms with Gasteiger partial charge in [0.1, 0.15) is 11.6 Å². The number of carbonyl (C=O) groups is 1. The largest absolute Gasteiger partial charge is 0.459 e. The highest BCUT2D eigenvalue weighted by Crippen LogP contribution is 2.08. The van der Waals surface area contributed by atoms with Gasteiger partial charge >= 0.3 is 5.97 Å². The van der Waals surface area contributed by atoms with E-state index in [2.05, 4.69) is 5.48 Å². The summed E-state index contributed by atoms with van der Waals surface area (Å²) in [5.74, 6) is -0.324. The van der Waals surface area contributed by atoms with Crippen molar-refractivity contribution in [3.63, 3.8) is 0 Å². The standard InChI is InChI=1S/C14H21NO3/c1-11(13(16)18-14(2,3)4)15-17-10-12-8-6-5-7-9-12/h5-9,11,15H,10H2,1-4H3. The third kappa shape index (κ3) is 5.80. The van der Waals surface area contributed by atoms with Crippen LogP contribution in [0.3, 0.4) is 0 Å². The minimum atomic E-state index is -0.493. The Balaban J connectivity index is 2.29. The molecule has 0 aromatic heterocycles. The molecule has 1 aromatic rings. The Morgan fingerprint density at radius 2 is 1.89 bits per heavy atom. The molecule has 4 heteroatoms. The normalized spacial score (nSPS) is 13.1. The number of esters is 1. The fraction of sp³-hybridized carbons (Fsp3) is 0.500. The molecule has 0 radical (unpaired) electrons.